The minimum absolute atomic E-state index is 0.206. The second-order valence-corrected chi connectivity index (χ2v) is 3.45. The van der Waals surface area contributed by atoms with Gasteiger partial charge in [0.1, 0.15) is 0 Å². The van der Waals surface area contributed by atoms with Gasteiger partial charge in [-0.15, -0.1) is 0 Å². The summed E-state index contributed by atoms with van der Waals surface area (Å²) in [7, 11) is 0. The fourth-order valence-corrected chi connectivity index (χ4v) is 1.76. The standard InChI is InChI=1S/C10H10N2O3/c13-9(14)5-8-6-3-1-2-4-7(6)10(15)12-11-8/h1-4,6-7H,5H2,(H,12,15)(H,13,14)/p-1/t6-,7+/m1/s1. The maximum Gasteiger partial charge on any atom is 0.247 e. The lowest BCUT2D eigenvalue weighted by molar-refractivity contribution is -0.303. The Bertz CT molecular complexity index is 395. The number of carbonyl (C=O) groups is 2. The number of allylic oxidation sites excluding steroid dienone is 3. The number of nitrogens with zero attached hydrogens (tertiary/aromatic N) is 1. The van der Waals surface area contributed by atoms with Crippen LogP contribution in [0.5, 0.6) is 0 Å². The van der Waals surface area contributed by atoms with Crippen LogP contribution in [0.3, 0.4) is 0 Å². The number of nitrogens with one attached hydrogen (secondary N) is 1. The molecule has 0 fully saturated rings. The molecule has 5 heteroatoms. The first-order chi connectivity index (χ1) is 7.18. The monoisotopic (exact) mass is 205 g/mol. The molecule has 0 radical (unpaired) electrons. The van der Waals surface area contributed by atoms with Crippen molar-refractivity contribution in [1.29, 1.82) is 0 Å². The first kappa shape index (κ1) is 9.64. The van der Waals surface area contributed by atoms with Gasteiger partial charge < -0.3 is 9.90 Å². The van der Waals surface area contributed by atoms with Crippen LogP contribution >= 0.6 is 0 Å². The molecule has 0 unspecified atom stereocenters. The number of carboxylic acid groups (broad SMARTS) is 1. The highest BCUT2D eigenvalue weighted by Gasteiger charge is 2.32. The molecule has 15 heavy (non-hydrogen) atoms. The predicted molar refractivity (Wildman–Crippen MR) is 50.5 cm³/mol. The van der Waals surface area contributed by atoms with Gasteiger partial charge in [0.25, 0.3) is 0 Å². The highest BCUT2D eigenvalue weighted by atomic mass is 16.4. The SMILES string of the molecule is O=C([O-])CC1=NNC(=O)[C@H]2C=CC=C[C@@H]12. The van der Waals surface area contributed by atoms with E-state index in [9.17, 15) is 14.7 Å². The first-order valence-electron chi connectivity index (χ1n) is 4.59. The molecule has 78 valence electrons. The average molecular weight is 205 g/mol. The van der Waals surface area contributed by atoms with E-state index in [-0.39, 0.29) is 24.2 Å². The highest BCUT2D eigenvalue weighted by molar-refractivity contribution is 6.04. The van der Waals surface area contributed by atoms with Crippen molar-refractivity contribution in [3.63, 3.8) is 0 Å². The van der Waals surface area contributed by atoms with Crippen molar-refractivity contribution in [2.75, 3.05) is 0 Å². The Labute approximate surface area is 86.2 Å². The number of rotatable bonds is 2. The lowest BCUT2D eigenvalue weighted by atomic mass is 9.82. The molecule has 0 aromatic heterocycles. The molecule has 5 nitrogen and oxygen atoms in total. The van der Waals surface area contributed by atoms with Gasteiger partial charge in [-0.05, 0) is 0 Å². The summed E-state index contributed by atoms with van der Waals surface area (Å²) in [5, 5.41) is 14.2. The maximum absolute atomic E-state index is 11.4. The van der Waals surface area contributed by atoms with Crippen molar-refractivity contribution in [3.05, 3.63) is 24.3 Å². The van der Waals surface area contributed by atoms with E-state index in [4.69, 9.17) is 0 Å². The molecule has 0 aromatic rings. The van der Waals surface area contributed by atoms with Crippen LogP contribution in [0.25, 0.3) is 0 Å². The van der Waals surface area contributed by atoms with E-state index in [1.165, 1.54) is 0 Å². The van der Waals surface area contributed by atoms with Gasteiger partial charge in [-0.1, -0.05) is 24.3 Å². The van der Waals surface area contributed by atoms with E-state index in [0.717, 1.165) is 0 Å². The summed E-state index contributed by atoms with van der Waals surface area (Å²) in [5.74, 6) is -1.99. The molecule has 0 saturated heterocycles. The summed E-state index contributed by atoms with van der Waals surface area (Å²) in [6.07, 6.45) is 6.82. The fourth-order valence-electron chi connectivity index (χ4n) is 1.76. The second kappa shape index (κ2) is 3.68. The summed E-state index contributed by atoms with van der Waals surface area (Å²) in [5.41, 5.74) is 2.74. The van der Waals surface area contributed by atoms with Gasteiger partial charge >= 0.3 is 0 Å². The Hall–Kier alpha value is -1.91. The average Bonchev–Trinajstić information content (AvgIpc) is 2.22. The molecular formula is C10H9N2O3-. The van der Waals surface area contributed by atoms with E-state index >= 15 is 0 Å². The Morgan fingerprint density at radius 1 is 1.40 bits per heavy atom. The Kier molecular flexibility index (Phi) is 2.37. The smallest absolute Gasteiger partial charge is 0.247 e. The quantitative estimate of drug-likeness (QED) is 0.625. The van der Waals surface area contributed by atoms with Crippen LogP contribution in [0.15, 0.2) is 29.4 Å². The van der Waals surface area contributed by atoms with Crippen LogP contribution in [0.4, 0.5) is 0 Å². The molecule has 2 aliphatic rings. The van der Waals surface area contributed by atoms with Crippen LogP contribution < -0.4 is 10.5 Å². The number of fused-ring (bicyclic) bond motifs is 1. The number of amides is 1. The van der Waals surface area contributed by atoms with Gasteiger partial charge in [0.05, 0.1) is 11.6 Å². The molecule has 0 bridgehead atoms. The zero-order chi connectivity index (χ0) is 10.8. The minimum atomic E-state index is -1.19. The summed E-state index contributed by atoms with van der Waals surface area (Å²) in [6.45, 7) is 0. The Morgan fingerprint density at radius 3 is 2.73 bits per heavy atom. The molecule has 1 amide bonds. The van der Waals surface area contributed by atoms with Gasteiger partial charge in [-0.3, -0.25) is 4.79 Å². The topological polar surface area (TPSA) is 81.6 Å². The summed E-state index contributed by atoms with van der Waals surface area (Å²) in [6, 6.07) is 0. The third-order valence-corrected chi connectivity index (χ3v) is 2.46. The fraction of sp³-hybridized carbons (Fsp3) is 0.300. The molecule has 0 saturated carbocycles. The largest absolute Gasteiger partial charge is 0.550 e. The number of hydrogen-bond donors (Lipinski definition) is 1. The number of carboxylic acids is 1. The predicted octanol–water partition coefficient (Wildman–Crippen LogP) is -1.03. The number of hydrazone groups is 1. The third-order valence-electron chi connectivity index (χ3n) is 2.46. The van der Waals surface area contributed by atoms with Gasteiger partial charge in [0.15, 0.2) is 0 Å². The van der Waals surface area contributed by atoms with E-state index in [0.29, 0.717) is 5.71 Å². The molecule has 0 spiro atoms. The molecule has 2 rings (SSSR count). The zero-order valence-electron chi connectivity index (χ0n) is 7.84. The van der Waals surface area contributed by atoms with Crippen molar-refractivity contribution < 1.29 is 14.7 Å². The molecule has 1 N–H and O–H groups in total. The Balaban J connectivity index is 2.26. The van der Waals surface area contributed by atoms with Gasteiger partial charge in [0.2, 0.25) is 5.91 Å². The third kappa shape index (κ3) is 1.81. The van der Waals surface area contributed by atoms with Crippen molar-refractivity contribution in [1.82, 2.24) is 5.43 Å². The van der Waals surface area contributed by atoms with Crippen LogP contribution in [-0.4, -0.2) is 17.6 Å². The van der Waals surface area contributed by atoms with Gasteiger partial charge in [-0.2, -0.15) is 5.10 Å². The van der Waals surface area contributed by atoms with Crippen LogP contribution in [0, 0.1) is 11.8 Å². The van der Waals surface area contributed by atoms with Crippen molar-refractivity contribution in [2.45, 2.75) is 6.42 Å². The van der Waals surface area contributed by atoms with E-state index in [1.807, 2.05) is 0 Å². The molecule has 0 aromatic carbocycles. The molecular weight excluding hydrogens is 196 g/mol. The van der Waals surface area contributed by atoms with Gasteiger partial charge in [-0.25, -0.2) is 5.43 Å². The summed E-state index contributed by atoms with van der Waals surface area (Å²) >= 11 is 0. The van der Waals surface area contributed by atoms with E-state index in [1.54, 1.807) is 24.3 Å². The number of aliphatic carboxylic acids is 1. The summed E-state index contributed by atoms with van der Waals surface area (Å²) < 4.78 is 0. The Morgan fingerprint density at radius 2 is 2.07 bits per heavy atom. The molecule has 1 aliphatic carbocycles. The maximum atomic E-state index is 11.4. The molecule has 1 heterocycles. The normalized spacial score (nSPS) is 28.0. The molecule has 1 aliphatic heterocycles. The van der Waals surface area contributed by atoms with Crippen LogP contribution in [0.1, 0.15) is 6.42 Å². The highest BCUT2D eigenvalue weighted by Crippen LogP contribution is 2.25. The molecule has 2 atom stereocenters. The van der Waals surface area contributed by atoms with Gasteiger partial charge in [0, 0.05) is 18.3 Å². The van der Waals surface area contributed by atoms with Crippen LogP contribution in [0.2, 0.25) is 0 Å². The lowest BCUT2D eigenvalue weighted by Gasteiger charge is -2.28. The minimum Gasteiger partial charge on any atom is -0.550 e. The van der Waals surface area contributed by atoms with Crippen molar-refractivity contribution >= 4 is 17.6 Å². The van der Waals surface area contributed by atoms with Crippen molar-refractivity contribution in [2.24, 2.45) is 16.9 Å². The first-order valence-corrected chi connectivity index (χ1v) is 4.59. The lowest BCUT2D eigenvalue weighted by Crippen LogP contribution is -2.42. The number of hydrogen-bond acceptors (Lipinski definition) is 4. The zero-order valence-corrected chi connectivity index (χ0v) is 7.84. The van der Waals surface area contributed by atoms with Crippen LogP contribution in [-0.2, 0) is 9.59 Å². The van der Waals surface area contributed by atoms with E-state index in [2.05, 4.69) is 10.5 Å². The summed E-state index contributed by atoms with van der Waals surface area (Å²) in [4.78, 5) is 21.9. The second-order valence-electron chi connectivity index (χ2n) is 3.45. The number of carbonyl (C=O) groups excluding carboxylic acids is 2. The van der Waals surface area contributed by atoms with E-state index < -0.39 is 5.97 Å². The van der Waals surface area contributed by atoms with Crippen molar-refractivity contribution in [3.8, 4) is 0 Å².